The van der Waals surface area contributed by atoms with Crippen LogP contribution in [0.4, 0.5) is 5.69 Å². The first kappa shape index (κ1) is 13.0. The topological polar surface area (TPSA) is 85.1 Å². The number of aromatic nitrogens is 1. The van der Waals surface area contributed by atoms with E-state index in [0.29, 0.717) is 0 Å². The Hall–Kier alpha value is -1.44. The molecule has 0 fully saturated rings. The van der Waals surface area contributed by atoms with Crippen molar-refractivity contribution < 1.29 is 8.42 Å². The van der Waals surface area contributed by atoms with Gasteiger partial charge in [-0.25, -0.2) is 13.1 Å². The van der Waals surface area contributed by atoms with E-state index in [-0.39, 0.29) is 17.1 Å². The molecule has 0 radical (unpaired) electrons. The summed E-state index contributed by atoms with van der Waals surface area (Å²) in [7, 11) is -3.61. The summed E-state index contributed by atoms with van der Waals surface area (Å²) in [4.78, 5) is 4.78. The third-order valence-electron chi connectivity index (χ3n) is 2.50. The number of hydrogen-bond donors (Lipinski definition) is 2. The zero-order valence-electron chi connectivity index (χ0n) is 9.75. The Bertz CT molecular complexity index is 650. The van der Waals surface area contributed by atoms with E-state index < -0.39 is 10.0 Å². The minimum absolute atomic E-state index is 0.0132. The maximum absolute atomic E-state index is 12.0. The van der Waals surface area contributed by atoms with Crippen molar-refractivity contribution in [2.24, 2.45) is 0 Å². The predicted molar refractivity (Wildman–Crippen MR) is 71.7 cm³/mol. The summed E-state index contributed by atoms with van der Waals surface area (Å²) in [5.41, 5.74) is 6.89. The van der Waals surface area contributed by atoms with Crippen LogP contribution in [0.3, 0.4) is 0 Å². The molecule has 2 aromatic rings. The van der Waals surface area contributed by atoms with E-state index in [1.165, 1.54) is 29.8 Å². The zero-order chi connectivity index (χ0) is 13.2. The third kappa shape index (κ3) is 2.69. The van der Waals surface area contributed by atoms with Gasteiger partial charge in [0.2, 0.25) is 10.0 Å². The van der Waals surface area contributed by atoms with Crippen LogP contribution in [0, 0.1) is 6.92 Å². The van der Waals surface area contributed by atoms with E-state index >= 15 is 0 Å². The Balaban J connectivity index is 2.19. The van der Waals surface area contributed by atoms with Crippen molar-refractivity contribution in [2.45, 2.75) is 18.4 Å². The smallest absolute Gasteiger partial charge is 0.244 e. The predicted octanol–water partition coefficient (Wildman–Crippen LogP) is 1.51. The molecule has 0 amide bonds. The number of rotatable bonds is 4. The lowest BCUT2D eigenvalue weighted by Crippen LogP contribution is -2.24. The van der Waals surface area contributed by atoms with Crippen LogP contribution in [0.25, 0.3) is 0 Å². The summed E-state index contributed by atoms with van der Waals surface area (Å²) < 4.78 is 26.6. The molecule has 96 valence electrons. The van der Waals surface area contributed by atoms with Gasteiger partial charge in [0.05, 0.1) is 5.69 Å². The first-order valence-corrected chi connectivity index (χ1v) is 7.59. The number of aryl methyl sites for hydroxylation is 1. The Kier molecular flexibility index (Phi) is 3.65. The number of sulfonamides is 1. The molecule has 2 rings (SSSR count). The summed E-state index contributed by atoms with van der Waals surface area (Å²) in [5, 5.41) is 1.93. The van der Waals surface area contributed by atoms with Crippen LogP contribution < -0.4 is 10.5 Å². The molecule has 0 saturated carbocycles. The van der Waals surface area contributed by atoms with E-state index in [1.807, 2.05) is 18.4 Å². The van der Waals surface area contributed by atoms with Gasteiger partial charge in [-0.1, -0.05) is 0 Å². The van der Waals surface area contributed by atoms with Gasteiger partial charge in [-0.05, 0) is 30.0 Å². The Morgan fingerprint density at radius 2 is 2.22 bits per heavy atom. The SMILES string of the molecule is Cc1ccsc1CNS(=O)(=O)c1cnccc1N. The third-order valence-corrected chi connectivity index (χ3v) is 4.96. The van der Waals surface area contributed by atoms with Crippen LogP contribution in [0.2, 0.25) is 0 Å². The van der Waals surface area contributed by atoms with Crippen LogP contribution in [-0.2, 0) is 16.6 Å². The number of hydrogen-bond acceptors (Lipinski definition) is 5. The van der Waals surface area contributed by atoms with Gasteiger partial charge in [-0.15, -0.1) is 11.3 Å². The monoisotopic (exact) mass is 283 g/mol. The number of nitrogens with one attached hydrogen (secondary N) is 1. The maximum atomic E-state index is 12.0. The molecule has 0 aliphatic carbocycles. The fourth-order valence-electron chi connectivity index (χ4n) is 1.44. The molecule has 3 N–H and O–H groups in total. The van der Waals surface area contributed by atoms with Crippen molar-refractivity contribution in [3.63, 3.8) is 0 Å². The number of pyridine rings is 1. The van der Waals surface area contributed by atoms with E-state index in [0.717, 1.165) is 10.4 Å². The van der Waals surface area contributed by atoms with E-state index in [1.54, 1.807) is 0 Å². The summed E-state index contributed by atoms with van der Waals surface area (Å²) >= 11 is 1.52. The number of thiophene rings is 1. The molecule has 0 spiro atoms. The van der Waals surface area contributed by atoms with Crippen molar-refractivity contribution in [2.75, 3.05) is 5.73 Å². The highest BCUT2D eigenvalue weighted by Gasteiger charge is 2.17. The molecule has 7 heteroatoms. The lowest BCUT2D eigenvalue weighted by Gasteiger charge is -2.08. The molecule has 2 heterocycles. The van der Waals surface area contributed by atoms with E-state index in [4.69, 9.17) is 5.73 Å². The van der Waals surface area contributed by atoms with E-state index in [2.05, 4.69) is 9.71 Å². The van der Waals surface area contributed by atoms with Crippen LogP contribution >= 0.6 is 11.3 Å². The molecule has 0 atom stereocenters. The Labute approximate surface area is 110 Å². The van der Waals surface area contributed by atoms with Gasteiger partial charge in [-0.2, -0.15) is 0 Å². The molecule has 0 saturated heterocycles. The normalized spacial score (nSPS) is 11.6. The van der Waals surface area contributed by atoms with E-state index in [9.17, 15) is 8.42 Å². The fraction of sp³-hybridized carbons (Fsp3) is 0.182. The largest absolute Gasteiger partial charge is 0.398 e. The van der Waals surface area contributed by atoms with Gasteiger partial charge >= 0.3 is 0 Å². The van der Waals surface area contributed by atoms with Gasteiger partial charge < -0.3 is 5.73 Å². The lowest BCUT2D eigenvalue weighted by atomic mass is 10.3. The molecule has 2 aromatic heterocycles. The van der Waals surface area contributed by atoms with Gasteiger partial charge in [0.1, 0.15) is 4.90 Å². The fourth-order valence-corrected chi connectivity index (χ4v) is 3.44. The number of nitrogens with zero attached hydrogens (tertiary/aromatic N) is 1. The highest BCUT2D eigenvalue weighted by Crippen LogP contribution is 2.18. The van der Waals surface area contributed by atoms with Gasteiger partial charge in [0.15, 0.2) is 0 Å². The average molecular weight is 283 g/mol. The first-order valence-electron chi connectivity index (χ1n) is 5.23. The van der Waals surface area contributed by atoms with Gasteiger partial charge in [-0.3, -0.25) is 4.98 Å². The van der Waals surface area contributed by atoms with Gasteiger partial charge in [0.25, 0.3) is 0 Å². The second kappa shape index (κ2) is 5.05. The van der Waals surface area contributed by atoms with Crippen molar-refractivity contribution >= 4 is 27.0 Å². The maximum Gasteiger partial charge on any atom is 0.244 e. The van der Waals surface area contributed by atoms with Crippen LogP contribution in [0.15, 0.2) is 34.8 Å². The molecular weight excluding hydrogens is 270 g/mol. The lowest BCUT2D eigenvalue weighted by molar-refractivity contribution is 0.581. The quantitative estimate of drug-likeness (QED) is 0.890. The summed E-state index contributed by atoms with van der Waals surface area (Å²) in [6, 6.07) is 3.41. The molecule has 0 aliphatic rings. The van der Waals surface area contributed by atoms with Crippen LogP contribution in [0.1, 0.15) is 10.4 Å². The Morgan fingerprint density at radius 3 is 2.83 bits per heavy atom. The summed E-state index contributed by atoms with van der Waals surface area (Å²) in [6.07, 6.45) is 2.71. The number of nitrogen functional groups attached to an aromatic ring is 1. The highest BCUT2D eigenvalue weighted by atomic mass is 32.2. The van der Waals surface area contributed by atoms with Crippen LogP contribution in [0.5, 0.6) is 0 Å². The molecule has 18 heavy (non-hydrogen) atoms. The molecule has 0 aliphatic heterocycles. The molecular formula is C11H13N3O2S2. The Morgan fingerprint density at radius 1 is 1.44 bits per heavy atom. The molecule has 0 aromatic carbocycles. The van der Waals surface area contributed by atoms with Crippen molar-refractivity contribution in [1.29, 1.82) is 0 Å². The molecule has 0 bridgehead atoms. The second-order valence-electron chi connectivity index (χ2n) is 3.76. The number of anilines is 1. The van der Waals surface area contributed by atoms with Crippen molar-refractivity contribution in [3.8, 4) is 0 Å². The minimum atomic E-state index is -3.61. The minimum Gasteiger partial charge on any atom is -0.398 e. The first-order chi connectivity index (χ1) is 8.50. The number of nitrogens with two attached hydrogens (primary N) is 1. The molecule has 5 nitrogen and oxygen atoms in total. The van der Waals surface area contributed by atoms with Crippen molar-refractivity contribution in [1.82, 2.24) is 9.71 Å². The van der Waals surface area contributed by atoms with Crippen LogP contribution in [-0.4, -0.2) is 13.4 Å². The van der Waals surface area contributed by atoms with Crippen molar-refractivity contribution in [3.05, 3.63) is 40.3 Å². The zero-order valence-corrected chi connectivity index (χ0v) is 11.4. The summed E-state index contributed by atoms with van der Waals surface area (Å²) in [5.74, 6) is 0. The second-order valence-corrected chi connectivity index (χ2v) is 6.50. The summed E-state index contributed by atoms with van der Waals surface area (Å²) in [6.45, 7) is 2.21. The average Bonchev–Trinajstić information content (AvgIpc) is 2.73. The molecule has 0 unspecified atom stereocenters. The standard InChI is InChI=1S/C11H13N3O2S2/c1-8-3-5-17-10(8)6-14-18(15,16)11-7-13-4-2-9(11)12/h2-5,7,14H,6H2,1H3,(H2,12,13). The van der Waals surface area contributed by atoms with Gasteiger partial charge in [0, 0.05) is 23.8 Å². The highest BCUT2D eigenvalue weighted by molar-refractivity contribution is 7.89.